The van der Waals surface area contributed by atoms with Crippen molar-refractivity contribution in [3.8, 4) is 23.0 Å². The van der Waals surface area contributed by atoms with Gasteiger partial charge in [0.1, 0.15) is 22.8 Å². The first-order chi connectivity index (χ1) is 17.7. The van der Waals surface area contributed by atoms with Crippen molar-refractivity contribution in [1.82, 2.24) is 0 Å². The molecular weight excluding hydrogens is 491 g/mol. The first-order valence-electron chi connectivity index (χ1n) is 11.2. The first kappa shape index (κ1) is 25.6. The second-order valence-corrected chi connectivity index (χ2v) is 7.88. The summed E-state index contributed by atoms with van der Waals surface area (Å²) in [5.41, 5.74) is 0.0232. The van der Waals surface area contributed by atoms with Crippen LogP contribution in [0.15, 0.2) is 75.9 Å². The minimum atomic E-state index is -5.00. The van der Waals surface area contributed by atoms with Gasteiger partial charge in [0, 0.05) is 6.07 Å². The van der Waals surface area contributed by atoms with Crippen molar-refractivity contribution in [2.75, 3.05) is 19.0 Å². The molecule has 1 aromatic heterocycles. The van der Waals surface area contributed by atoms with Crippen LogP contribution in [0.25, 0.3) is 11.0 Å². The van der Waals surface area contributed by atoms with E-state index in [2.05, 4.69) is 5.32 Å². The van der Waals surface area contributed by atoms with Crippen molar-refractivity contribution < 1.29 is 36.6 Å². The first-order valence-corrected chi connectivity index (χ1v) is 11.2. The van der Waals surface area contributed by atoms with E-state index in [4.69, 9.17) is 18.6 Å². The lowest BCUT2D eigenvalue weighted by atomic mass is 10.1. The third kappa shape index (κ3) is 5.85. The number of fused-ring (bicyclic) bond motifs is 1. The Morgan fingerprint density at radius 2 is 1.70 bits per heavy atom. The SMILES string of the molecule is CCc1ccc(Oc2c(C(F)(F)F)oc3cc(OCC(=O)Nc4ccccc4OC)ccc3c2=O)cc1. The molecule has 0 saturated heterocycles. The Morgan fingerprint density at radius 1 is 1.00 bits per heavy atom. The van der Waals surface area contributed by atoms with E-state index in [1.165, 1.54) is 31.4 Å². The Hall–Kier alpha value is -4.47. The number of benzene rings is 3. The van der Waals surface area contributed by atoms with Crippen LogP contribution in [0.4, 0.5) is 18.9 Å². The van der Waals surface area contributed by atoms with Crippen LogP contribution in [-0.4, -0.2) is 19.6 Å². The van der Waals surface area contributed by atoms with E-state index in [9.17, 15) is 22.8 Å². The minimum Gasteiger partial charge on any atom is -0.495 e. The van der Waals surface area contributed by atoms with Gasteiger partial charge in [-0.15, -0.1) is 0 Å². The maximum Gasteiger partial charge on any atom is 0.453 e. The van der Waals surface area contributed by atoms with Crippen molar-refractivity contribution in [3.63, 3.8) is 0 Å². The molecule has 7 nitrogen and oxygen atoms in total. The van der Waals surface area contributed by atoms with Gasteiger partial charge in [0.15, 0.2) is 6.61 Å². The van der Waals surface area contributed by atoms with Crippen molar-refractivity contribution in [2.24, 2.45) is 0 Å². The van der Waals surface area contributed by atoms with Crippen LogP contribution in [0.1, 0.15) is 18.2 Å². The summed E-state index contributed by atoms with van der Waals surface area (Å²) in [6, 6.07) is 16.8. The van der Waals surface area contributed by atoms with E-state index in [1.807, 2.05) is 6.92 Å². The van der Waals surface area contributed by atoms with Gasteiger partial charge in [-0.3, -0.25) is 9.59 Å². The van der Waals surface area contributed by atoms with Gasteiger partial charge in [-0.2, -0.15) is 13.2 Å². The number of alkyl halides is 3. The van der Waals surface area contributed by atoms with Crippen LogP contribution in [0.5, 0.6) is 23.0 Å². The predicted octanol–water partition coefficient (Wildman–Crippen LogP) is 6.19. The van der Waals surface area contributed by atoms with Gasteiger partial charge in [-0.1, -0.05) is 31.2 Å². The highest BCUT2D eigenvalue weighted by Gasteiger charge is 2.40. The summed E-state index contributed by atoms with van der Waals surface area (Å²) in [5.74, 6) is -2.52. The number of methoxy groups -OCH3 is 1. The van der Waals surface area contributed by atoms with Crippen molar-refractivity contribution in [1.29, 1.82) is 0 Å². The number of para-hydroxylation sites is 2. The average molecular weight is 513 g/mol. The molecule has 0 bridgehead atoms. The lowest BCUT2D eigenvalue weighted by Crippen LogP contribution is -2.20. The molecule has 10 heteroatoms. The van der Waals surface area contributed by atoms with Crippen molar-refractivity contribution >= 4 is 22.6 Å². The Bertz CT molecular complexity index is 1480. The molecule has 4 aromatic rings. The number of carbonyl (C=O) groups is 1. The molecule has 0 unspecified atom stereocenters. The number of carbonyl (C=O) groups excluding carboxylic acids is 1. The van der Waals surface area contributed by atoms with Crippen LogP contribution in [0.2, 0.25) is 0 Å². The summed E-state index contributed by atoms with van der Waals surface area (Å²) < 4.78 is 62.4. The van der Waals surface area contributed by atoms with Crippen molar-refractivity contribution in [3.05, 3.63) is 88.3 Å². The van der Waals surface area contributed by atoms with E-state index in [0.717, 1.165) is 18.1 Å². The topological polar surface area (TPSA) is 87.0 Å². The van der Waals surface area contributed by atoms with E-state index < -0.39 is 35.6 Å². The van der Waals surface area contributed by atoms with Gasteiger partial charge in [0.2, 0.25) is 11.2 Å². The fraction of sp³-hybridized carbons (Fsp3) is 0.185. The van der Waals surface area contributed by atoms with E-state index in [0.29, 0.717) is 11.4 Å². The molecule has 4 rings (SSSR count). The van der Waals surface area contributed by atoms with Crippen LogP contribution in [-0.2, 0) is 17.4 Å². The third-order valence-electron chi connectivity index (χ3n) is 5.38. The molecule has 0 saturated carbocycles. The fourth-order valence-electron chi connectivity index (χ4n) is 3.52. The molecule has 1 heterocycles. The van der Waals surface area contributed by atoms with E-state index in [-0.39, 0.29) is 22.5 Å². The zero-order valence-corrected chi connectivity index (χ0v) is 19.8. The van der Waals surface area contributed by atoms with Crippen molar-refractivity contribution in [2.45, 2.75) is 19.5 Å². The maximum atomic E-state index is 13.8. The highest BCUT2D eigenvalue weighted by Crippen LogP contribution is 2.38. The number of amides is 1. The standard InChI is InChI=1S/C27H22F3NO6/c1-3-16-8-10-17(11-9-16)36-25-24(33)19-13-12-18(14-22(19)37-26(25)27(28,29)30)35-15-23(32)31-20-6-4-5-7-21(20)34-2/h4-14H,3,15H2,1-2H3,(H,31,32). The second kappa shape index (κ2) is 10.7. The summed E-state index contributed by atoms with van der Waals surface area (Å²) >= 11 is 0. The Labute approximate surface area is 209 Å². The molecule has 37 heavy (non-hydrogen) atoms. The van der Waals surface area contributed by atoms with E-state index >= 15 is 0 Å². The molecule has 0 aliphatic heterocycles. The second-order valence-electron chi connectivity index (χ2n) is 7.88. The number of ether oxygens (including phenoxy) is 3. The zero-order chi connectivity index (χ0) is 26.6. The third-order valence-corrected chi connectivity index (χ3v) is 5.38. The number of hydrogen-bond donors (Lipinski definition) is 1. The van der Waals surface area contributed by atoms with Gasteiger partial charge < -0.3 is 23.9 Å². The lowest BCUT2D eigenvalue weighted by Gasteiger charge is -2.14. The summed E-state index contributed by atoms with van der Waals surface area (Å²) in [7, 11) is 1.46. The normalized spacial score (nSPS) is 11.3. The zero-order valence-electron chi connectivity index (χ0n) is 19.8. The van der Waals surface area contributed by atoms with Gasteiger partial charge in [0.25, 0.3) is 11.7 Å². The lowest BCUT2D eigenvalue weighted by molar-refractivity contribution is -0.154. The Balaban J connectivity index is 1.59. The molecule has 1 amide bonds. The van der Waals surface area contributed by atoms with Gasteiger partial charge in [-0.25, -0.2) is 0 Å². The molecule has 0 atom stereocenters. The smallest absolute Gasteiger partial charge is 0.453 e. The Kier molecular flexibility index (Phi) is 7.37. The number of nitrogens with one attached hydrogen (secondary N) is 1. The van der Waals surface area contributed by atoms with Crippen LogP contribution < -0.4 is 25.0 Å². The molecule has 0 aliphatic rings. The van der Waals surface area contributed by atoms with Crippen LogP contribution in [0.3, 0.4) is 0 Å². The fourth-order valence-corrected chi connectivity index (χ4v) is 3.52. The predicted molar refractivity (Wildman–Crippen MR) is 130 cm³/mol. The summed E-state index contributed by atoms with van der Waals surface area (Å²) in [5, 5.41) is 2.48. The highest BCUT2D eigenvalue weighted by atomic mass is 19.4. The monoisotopic (exact) mass is 513 g/mol. The number of aryl methyl sites for hydroxylation is 1. The molecule has 192 valence electrons. The van der Waals surface area contributed by atoms with Gasteiger partial charge >= 0.3 is 6.18 Å². The largest absolute Gasteiger partial charge is 0.495 e. The number of anilines is 1. The molecule has 0 radical (unpaired) electrons. The van der Waals surface area contributed by atoms with Gasteiger partial charge in [-0.05, 0) is 48.4 Å². The molecule has 3 aromatic carbocycles. The quantitative estimate of drug-likeness (QED) is 0.302. The molecule has 0 spiro atoms. The molecule has 1 N–H and O–H groups in total. The summed E-state index contributed by atoms with van der Waals surface area (Å²) in [6.45, 7) is 1.48. The minimum absolute atomic E-state index is 0.0303. The highest BCUT2D eigenvalue weighted by molar-refractivity contribution is 5.93. The number of halogens is 3. The summed E-state index contributed by atoms with van der Waals surface area (Å²) in [4.78, 5) is 25.2. The van der Waals surface area contributed by atoms with E-state index in [1.54, 1.807) is 36.4 Å². The molecular formula is C27H22F3NO6. The molecule has 0 aliphatic carbocycles. The number of rotatable bonds is 8. The van der Waals surface area contributed by atoms with Gasteiger partial charge in [0.05, 0.1) is 18.2 Å². The van der Waals surface area contributed by atoms with Crippen LogP contribution >= 0.6 is 0 Å². The average Bonchev–Trinajstić information content (AvgIpc) is 2.89. The van der Waals surface area contributed by atoms with Crippen LogP contribution in [0, 0.1) is 0 Å². The number of hydrogen-bond acceptors (Lipinski definition) is 6. The Morgan fingerprint density at radius 3 is 2.38 bits per heavy atom. The summed E-state index contributed by atoms with van der Waals surface area (Å²) in [6.07, 6.45) is -4.27. The molecule has 0 fully saturated rings. The maximum absolute atomic E-state index is 13.8.